The second-order valence-electron chi connectivity index (χ2n) is 5.90. The Morgan fingerprint density at radius 2 is 2.17 bits per heavy atom. The number of nitrogens with zero attached hydrogens (tertiary/aromatic N) is 2. The van der Waals surface area contributed by atoms with Crippen LogP contribution in [0.1, 0.15) is 12.6 Å². The number of aryl methyl sites for hydroxylation is 2. The third kappa shape index (κ3) is 3.29. The molecule has 1 aromatic heterocycles. The van der Waals surface area contributed by atoms with Gasteiger partial charge in [0, 0.05) is 55.0 Å². The SMILES string of the molecule is CCn1c(C)cc2cc(NC(=O)NCCN3CCNC3=O)ccc21. The van der Waals surface area contributed by atoms with E-state index in [4.69, 9.17) is 0 Å². The van der Waals surface area contributed by atoms with Gasteiger partial charge in [-0.1, -0.05) is 0 Å². The van der Waals surface area contributed by atoms with Gasteiger partial charge in [0.2, 0.25) is 0 Å². The molecule has 1 aromatic carbocycles. The molecule has 0 atom stereocenters. The Balaban J connectivity index is 1.56. The Labute approximate surface area is 141 Å². The lowest BCUT2D eigenvalue weighted by Crippen LogP contribution is -2.38. The summed E-state index contributed by atoms with van der Waals surface area (Å²) in [6, 6.07) is 7.69. The van der Waals surface area contributed by atoms with Crippen molar-refractivity contribution in [2.24, 2.45) is 0 Å². The zero-order valence-electron chi connectivity index (χ0n) is 14.1. The van der Waals surface area contributed by atoms with Crippen LogP contribution in [0.3, 0.4) is 0 Å². The molecule has 128 valence electrons. The Bertz CT molecular complexity index is 768. The minimum Gasteiger partial charge on any atom is -0.345 e. The van der Waals surface area contributed by atoms with E-state index < -0.39 is 0 Å². The Kier molecular flexibility index (Phi) is 4.59. The molecule has 24 heavy (non-hydrogen) atoms. The first-order chi connectivity index (χ1) is 11.6. The van der Waals surface area contributed by atoms with Crippen LogP contribution >= 0.6 is 0 Å². The topological polar surface area (TPSA) is 78.4 Å². The number of hydrogen-bond acceptors (Lipinski definition) is 2. The standard InChI is InChI=1S/C17H23N5O2/c1-3-22-12(2)10-13-11-14(4-5-15(13)22)20-16(23)18-6-8-21-9-7-19-17(21)24/h4-5,10-11H,3,6-9H2,1-2H3,(H,19,24)(H2,18,20,23). The largest absolute Gasteiger partial charge is 0.345 e. The minimum absolute atomic E-state index is 0.0709. The molecule has 2 aromatic rings. The number of carbonyl (C=O) groups excluding carboxylic acids is 2. The lowest BCUT2D eigenvalue weighted by Gasteiger charge is -2.14. The molecule has 4 amide bonds. The first-order valence-electron chi connectivity index (χ1n) is 8.26. The molecule has 1 aliphatic heterocycles. The molecule has 7 heteroatoms. The lowest BCUT2D eigenvalue weighted by atomic mass is 10.2. The highest BCUT2D eigenvalue weighted by Gasteiger charge is 2.18. The number of aromatic nitrogens is 1. The molecule has 2 heterocycles. The zero-order valence-corrected chi connectivity index (χ0v) is 14.1. The summed E-state index contributed by atoms with van der Waals surface area (Å²) >= 11 is 0. The maximum atomic E-state index is 12.0. The van der Waals surface area contributed by atoms with Crippen molar-refractivity contribution in [3.63, 3.8) is 0 Å². The monoisotopic (exact) mass is 329 g/mol. The fraction of sp³-hybridized carbons (Fsp3) is 0.412. The van der Waals surface area contributed by atoms with E-state index in [1.807, 2.05) is 18.2 Å². The van der Waals surface area contributed by atoms with Crippen molar-refractivity contribution in [2.75, 3.05) is 31.5 Å². The highest BCUT2D eigenvalue weighted by Crippen LogP contribution is 2.23. The molecular formula is C17H23N5O2. The van der Waals surface area contributed by atoms with E-state index in [1.165, 1.54) is 11.2 Å². The number of rotatable bonds is 5. The van der Waals surface area contributed by atoms with Gasteiger partial charge >= 0.3 is 12.1 Å². The van der Waals surface area contributed by atoms with Crippen LogP contribution in [-0.4, -0.2) is 47.7 Å². The number of nitrogens with one attached hydrogen (secondary N) is 3. The quantitative estimate of drug-likeness (QED) is 0.785. The normalized spacial score (nSPS) is 14.1. The number of benzene rings is 1. The van der Waals surface area contributed by atoms with E-state index >= 15 is 0 Å². The molecular weight excluding hydrogens is 306 g/mol. The second kappa shape index (κ2) is 6.82. The fourth-order valence-corrected chi connectivity index (χ4v) is 3.11. The molecule has 3 N–H and O–H groups in total. The van der Waals surface area contributed by atoms with E-state index in [-0.39, 0.29) is 12.1 Å². The summed E-state index contributed by atoms with van der Waals surface area (Å²) in [6.45, 7) is 7.41. The average Bonchev–Trinajstić information content (AvgIpc) is 3.09. The molecule has 0 spiro atoms. The van der Waals surface area contributed by atoms with Gasteiger partial charge in [0.1, 0.15) is 0 Å². The third-order valence-corrected chi connectivity index (χ3v) is 4.30. The smallest absolute Gasteiger partial charge is 0.319 e. The van der Waals surface area contributed by atoms with Crippen molar-refractivity contribution < 1.29 is 9.59 Å². The number of anilines is 1. The Morgan fingerprint density at radius 3 is 2.88 bits per heavy atom. The van der Waals surface area contributed by atoms with Crippen LogP contribution in [0.25, 0.3) is 10.9 Å². The molecule has 1 aliphatic rings. The number of hydrogen-bond donors (Lipinski definition) is 3. The summed E-state index contributed by atoms with van der Waals surface area (Å²) in [7, 11) is 0. The Hall–Kier alpha value is -2.70. The van der Waals surface area contributed by atoms with Crippen LogP contribution in [0.2, 0.25) is 0 Å². The average molecular weight is 329 g/mol. The summed E-state index contributed by atoms with van der Waals surface area (Å²) < 4.78 is 2.24. The highest BCUT2D eigenvalue weighted by atomic mass is 16.2. The molecule has 0 radical (unpaired) electrons. The van der Waals surface area contributed by atoms with Crippen molar-refractivity contribution >= 4 is 28.7 Å². The molecule has 1 saturated heterocycles. The zero-order chi connectivity index (χ0) is 17.1. The van der Waals surface area contributed by atoms with Crippen LogP contribution in [0.5, 0.6) is 0 Å². The number of amides is 4. The first kappa shape index (κ1) is 16.2. The van der Waals surface area contributed by atoms with Gasteiger partial charge in [0.15, 0.2) is 0 Å². The van der Waals surface area contributed by atoms with Gasteiger partial charge in [-0.3, -0.25) is 0 Å². The molecule has 3 rings (SSSR count). The van der Waals surface area contributed by atoms with Crippen LogP contribution in [-0.2, 0) is 6.54 Å². The van der Waals surface area contributed by atoms with E-state index in [9.17, 15) is 9.59 Å². The van der Waals surface area contributed by atoms with Crippen molar-refractivity contribution in [2.45, 2.75) is 20.4 Å². The molecule has 0 aliphatic carbocycles. The van der Waals surface area contributed by atoms with Crippen LogP contribution in [0, 0.1) is 6.92 Å². The van der Waals surface area contributed by atoms with Gasteiger partial charge in [0.05, 0.1) is 0 Å². The molecule has 1 fully saturated rings. The van der Waals surface area contributed by atoms with Crippen molar-refractivity contribution in [1.82, 2.24) is 20.1 Å². The van der Waals surface area contributed by atoms with E-state index in [2.05, 4.69) is 40.4 Å². The summed E-state index contributed by atoms with van der Waals surface area (Å²) in [4.78, 5) is 25.1. The van der Waals surface area contributed by atoms with Gasteiger partial charge in [-0.25, -0.2) is 9.59 Å². The number of carbonyl (C=O) groups is 2. The third-order valence-electron chi connectivity index (χ3n) is 4.30. The minimum atomic E-state index is -0.263. The maximum absolute atomic E-state index is 12.0. The summed E-state index contributed by atoms with van der Waals surface area (Å²) in [5.41, 5.74) is 3.13. The van der Waals surface area contributed by atoms with Crippen molar-refractivity contribution in [1.29, 1.82) is 0 Å². The van der Waals surface area contributed by atoms with Crippen molar-refractivity contribution in [3.8, 4) is 0 Å². The van der Waals surface area contributed by atoms with E-state index in [0.29, 0.717) is 26.2 Å². The number of urea groups is 2. The summed E-state index contributed by atoms with van der Waals surface area (Å²) in [6.07, 6.45) is 0. The van der Waals surface area contributed by atoms with Crippen molar-refractivity contribution in [3.05, 3.63) is 30.0 Å². The summed E-state index contributed by atoms with van der Waals surface area (Å²) in [5, 5.41) is 9.46. The van der Waals surface area contributed by atoms with Gasteiger partial charge < -0.3 is 25.4 Å². The van der Waals surface area contributed by atoms with Gasteiger partial charge in [-0.05, 0) is 38.1 Å². The second-order valence-corrected chi connectivity index (χ2v) is 5.90. The summed E-state index contributed by atoms with van der Waals surface area (Å²) in [5.74, 6) is 0. The maximum Gasteiger partial charge on any atom is 0.319 e. The first-order valence-corrected chi connectivity index (χ1v) is 8.26. The Morgan fingerprint density at radius 1 is 1.33 bits per heavy atom. The fourth-order valence-electron chi connectivity index (χ4n) is 3.11. The van der Waals surface area contributed by atoms with E-state index in [1.54, 1.807) is 4.90 Å². The predicted octanol–water partition coefficient (Wildman–Crippen LogP) is 2.12. The molecule has 7 nitrogen and oxygen atoms in total. The lowest BCUT2D eigenvalue weighted by molar-refractivity contribution is 0.216. The highest BCUT2D eigenvalue weighted by molar-refractivity contribution is 5.93. The van der Waals surface area contributed by atoms with Crippen LogP contribution in [0.4, 0.5) is 15.3 Å². The van der Waals surface area contributed by atoms with Gasteiger partial charge in [-0.2, -0.15) is 0 Å². The molecule has 0 bridgehead atoms. The van der Waals surface area contributed by atoms with E-state index in [0.717, 1.165) is 17.6 Å². The van der Waals surface area contributed by atoms with Crippen LogP contribution in [0.15, 0.2) is 24.3 Å². The molecule has 0 unspecified atom stereocenters. The van der Waals surface area contributed by atoms with Gasteiger partial charge in [0.25, 0.3) is 0 Å². The van der Waals surface area contributed by atoms with Crippen LogP contribution < -0.4 is 16.0 Å². The molecule has 0 saturated carbocycles. The van der Waals surface area contributed by atoms with Gasteiger partial charge in [-0.15, -0.1) is 0 Å². The predicted molar refractivity (Wildman–Crippen MR) is 94.3 cm³/mol. The number of fused-ring (bicyclic) bond motifs is 1.